The number of carbonyl (C=O) groups is 1. The van der Waals surface area contributed by atoms with Crippen molar-refractivity contribution in [2.75, 3.05) is 0 Å². The van der Waals surface area contributed by atoms with E-state index in [9.17, 15) is 9.90 Å². The fraction of sp³-hybridized carbons (Fsp3) is 0.286. The van der Waals surface area contributed by atoms with E-state index >= 15 is 0 Å². The highest BCUT2D eigenvalue weighted by atomic mass is 16.4. The van der Waals surface area contributed by atoms with Crippen LogP contribution in [0.2, 0.25) is 0 Å². The lowest BCUT2D eigenvalue weighted by Gasteiger charge is -2.27. The summed E-state index contributed by atoms with van der Waals surface area (Å²) in [6.45, 7) is 2.10. The van der Waals surface area contributed by atoms with E-state index in [-0.39, 0.29) is 6.04 Å². The molecule has 1 heterocycles. The Morgan fingerprint density at radius 1 is 1.24 bits per heavy atom. The zero-order valence-corrected chi connectivity index (χ0v) is 14.3. The van der Waals surface area contributed by atoms with Crippen LogP contribution >= 0.6 is 0 Å². The second kappa shape index (κ2) is 6.37. The van der Waals surface area contributed by atoms with E-state index in [1.807, 2.05) is 30.3 Å². The van der Waals surface area contributed by atoms with Crippen LogP contribution in [0.5, 0.6) is 0 Å². The summed E-state index contributed by atoms with van der Waals surface area (Å²) in [5, 5.41) is 14.3. The Hall–Kier alpha value is -2.59. The molecule has 1 aliphatic rings. The lowest BCUT2D eigenvalue weighted by Crippen LogP contribution is -2.40. The minimum absolute atomic E-state index is 0.160. The molecule has 0 fully saturated rings. The molecule has 3 N–H and O–H groups in total. The predicted molar refractivity (Wildman–Crippen MR) is 98.8 cm³/mol. The van der Waals surface area contributed by atoms with E-state index in [0.717, 1.165) is 24.8 Å². The lowest BCUT2D eigenvalue weighted by atomic mass is 9.90. The number of benzene rings is 2. The van der Waals surface area contributed by atoms with E-state index < -0.39 is 12.0 Å². The molecule has 4 heteroatoms. The molecule has 128 valence electrons. The van der Waals surface area contributed by atoms with Crippen LogP contribution < -0.4 is 5.32 Å². The molecule has 1 aliphatic carbocycles. The van der Waals surface area contributed by atoms with Gasteiger partial charge in [0, 0.05) is 22.6 Å². The first-order valence-electron chi connectivity index (χ1n) is 8.75. The Bertz CT molecular complexity index is 914. The maximum Gasteiger partial charge on any atom is 0.325 e. The number of H-pyrrole nitrogens is 1. The van der Waals surface area contributed by atoms with Gasteiger partial charge < -0.3 is 10.1 Å². The van der Waals surface area contributed by atoms with Crippen LogP contribution in [0.4, 0.5) is 0 Å². The summed E-state index contributed by atoms with van der Waals surface area (Å²) < 4.78 is 0. The number of hydrogen-bond acceptors (Lipinski definition) is 2. The van der Waals surface area contributed by atoms with Crippen molar-refractivity contribution in [1.82, 2.24) is 10.3 Å². The molecule has 0 saturated carbocycles. The number of nitrogens with one attached hydrogen (secondary N) is 2. The fourth-order valence-corrected chi connectivity index (χ4v) is 3.86. The number of carboxylic acid groups (broad SMARTS) is 1. The molecule has 0 radical (unpaired) electrons. The molecule has 0 bridgehead atoms. The number of fused-ring (bicyclic) bond motifs is 3. The van der Waals surface area contributed by atoms with Gasteiger partial charge >= 0.3 is 5.97 Å². The zero-order chi connectivity index (χ0) is 17.4. The van der Waals surface area contributed by atoms with Crippen molar-refractivity contribution in [3.8, 4) is 0 Å². The highest BCUT2D eigenvalue weighted by Gasteiger charge is 2.27. The van der Waals surface area contributed by atoms with Gasteiger partial charge in [-0.3, -0.25) is 10.1 Å². The first kappa shape index (κ1) is 15.9. The molecule has 0 amide bonds. The number of aliphatic carboxylic acids is 1. The zero-order valence-electron chi connectivity index (χ0n) is 14.3. The van der Waals surface area contributed by atoms with Gasteiger partial charge in [-0.25, -0.2) is 0 Å². The van der Waals surface area contributed by atoms with Crippen LogP contribution in [0.3, 0.4) is 0 Å². The third kappa shape index (κ3) is 3.05. The third-order valence-corrected chi connectivity index (χ3v) is 5.13. The van der Waals surface area contributed by atoms with Gasteiger partial charge in [-0.2, -0.15) is 0 Å². The number of hydrogen-bond donors (Lipinski definition) is 3. The molecule has 4 nitrogen and oxygen atoms in total. The van der Waals surface area contributed by atoms with E-state index in [1.54, 1.807) is 0 Å². The van der Waals surface area contributed by atoms with Gasteiger partial charge in [-0.15, -0.1) is 0 Å². The van der Waals surface area contributed by atoms with Gasteiger partial charge in [0.25, 0.3) is 0 Å². The highest BCUT2D eigenvalue weighted by molar-refractivity contribution is 5.85. The second-order valence-corrected chi connectivity index (χ2v) is 6.92. The Morgan fingerprint density at radius 3 is 2.80 bits per heavy atom. The highest BCUT2D eigenvalue weighted by Crippen LogP contribution is 2.30. The summed E-state index contributed by atoms with van der Waals surface area (Å²) in [5.41, 5.74) is 5.85. The van der Waals surface area contributed by atoms with Crippen molar-refractivity contribution in [3.05, 3.63) is 70.9 Å². The maximum atomic E-state index is 11.8. The molecule has 3 aromatic rings. The van der Waals surface area contributed by atoms with Crippen LogP contribution in [0, 0.1) is 6.92 Å². The first-order chi connectivity index (χ1) is 12.1. The smallest absolute Gasteiger partial charge is 0.325 e. The number of aryl methyl sites for hydroxylation is 2. The summed E-state index contributed by atoms with van der Waals surface area (Å²) in [6.07, 6.45) is 2.74. The number of rotatable bonds is 4. The first-order valence-corrected chi connectivity index (χ1v) is 8.75. The topological polar surface area (TPSA) is 65.1 Å². The Labute approximate surface area is 146 Å². The summed E-state index contributed by atoms with van der Waals surface area (Å²) in [6, 6.07) is 15.4. The third-order valence-electron chi connectivity index (χ3n) is 5.13. The average molecular weight is 334 g/mol. The summed E-state index contributed by atoms with van der Waals surface area (Å²) >= 11 is 0. The van der Waals surface area contributed by atoms with Crippen LogP contribution in [0.1, 0.15) is 34.8 Å². The predicted octanol–water partition coefficient (Wildman–Crippen LogP) is 3.75. The van der Waals surface area contributed by atoms with Crippen LogP contribution in [-0.4, -0.2) is 22.1 Å². The van der Waals surface area contributed by atoms with Gasteiger partial charge in [0.1, 0.15) is 6.04 Å². The molecule has 2 atom stereocenters. The van der Waals surface area contributed by atoms with Gasteiger partial charge in [0.15, 0.2) is 0 Å². The van der Waals surface area contributed by atoms with Gasteiger partial charge in [-0.1, -0.05) is 42.0 Å². The minimum Gasteiger partial charge on any atom is -0.480 e. The van der Waals surface area contributed by atoms with Crippen LogP contribution in [-0.2, 0) is 17.6 Å². The summed E-state index contributed by atoms with van der Waals surface area (Å²) in [4.78, 5) is 15.3. The molecule has 0 aliphatic heterocycles. The van der Waals surface area contributed by atoms with E-state index in [4.69, 9.17) is 0 Å². The number of aromatic amines is 1. The van der Waals surface area contributed by atoms with Gasteiger partial charge in [-0.05, 0) is 49.4 Å². The average Bonchev–Trinajstić information content (AvgIpc) is 2.97. The van der Waals surface area contributed by atoms with E-state index in [2.05, 4.69) is 35.4 Å². The summed E-state index contributed by atoms with van der Waals surface area (Å²) in [7, 11) is 0. The summed E-state index contributed by atoms with van der Waals surface area (Å²) in [5.74, 6) is -0.827. The lowest BCUT2D eigenvalue weighted by molar-refractivity contribution is -0.139. The largest absolute Gasteiger partial charge is 0.480 e. The monoisotopic (exact) mass is 334 g/mol. The molecule has 1 aromatic heterocycles. The van der Waals surface area contributed by atoms with Crippen molar-refractivity contribution in [2.45, 2.75) is 38.3 Å². The molecule has 2 aromatic carbocycles. The van der Waals surface area contributed by atoms with Crippen LogP contribution in [0.25, 0.3) is 10.9 Å². The van der Waals surface area contributed by atoms with Crippen molar-refractivity contribution in [2.24, 2.45) is 0 Å². The van der Waals surface area contributed by atoms with Gasteiger partial charge in [0.05, 0.1) is 0 Å². The molecular weight excluding hydrogens is 312 g/mol. The Balaban J connectivity index is 1.60. The van der Waals surface area contributed by atoms with Crippen molar-refractivity contribution in [3.63, 3.8) is 0 Å². The maximum absolute atomic E-state index is 11.8. The fourth-order valence-electron chi connectivity index (χ4n) is 3.86. The molecule has 4 rings (SSSR count). The van der Waals surface area contributed by atoms with E-state index in [0.29, 0.717) is 0 Å². The van der Waals surface area contributed by atoms with E-state index in [1.165, 1.54) is 27.7 Å². The van der Waals surface area contributed by atoms with Crippen molar-refractivity contribution >= 4 is 16.9 Å². The molecule has 25 heavy (non-hydrogen) atoms. The number of aromatic nitrogens is 1. The number of carboxylic acids is 1. The SMILES string of the molecule is Cc1ccc2[nH]c3c(c2c1)CC(NC(C(=O)O)c1ccccc1)CC3. The molecule has 2 unspecified atom stereocenters. The molecule has 0 spiro atoms. The molecular formula is C21H22N2O2. The quantitative estimate of drug-likeness (QED) is 0.681. The Morgan fingerprint density at radius 2 is 2.04 bits per heavy atom. The molecule has 0 saturated heterocycles. The second-order valence-electron chi connectivity index (χ2n) is 6.92. The Kier molecular flexibility index (Phi) is 4.06. The standard InChI is InChI=1S/C21H22N2O2/c1-13-7-9-18-16(11-13)17-12-15(8-10-19(17)23-18)22-20(21(24)25)14-5-3-2-4-6-14/h2-7,9,11,15,20,22-23H,8,10,12H2,1H3,(H,24,25). The van der Waals surface area contributed by atoms with Crippen molar-refractivity contribution in [1.29, 1.82) is 0 Å². The van der Waals surface area contributed by atoms with Crippen LogP contribution in [0.15, 0.2) is 48.5 Å². The van der Waals surface area contributed by atoms with Crippen molar-refractivity contribution < 1.29 is 9.90 Å². The van der Waals surface area contributed by atoms with Gasteiger partial charge in [0.2, 0.25) is 0 Å². The minimum atomic E-state index is -0.827. The normalized spacial score (nSPS) is 18.0.